The molecule has 0 radical (unpaired) electrons. The third-order valence-corrected chi connectivity index (χ3v) is 3.78. The molecule has 3 nitrogen and oxygen atoms in total. The van der Waals surface area contributed by atoms with Gasteiger partial charge in [-0.2, -0.15) is 0 Å². The van der Waals surface area contributed by atoms with E-state index in [1.807, 2.05) is 42.5 Å². The minimum Gasteiger partial charge on any atom is -0.497 e. The van der Waals surface area contributed by atoms with Crippen LogP contribution in [0.15, 0.2) is 59.0 Å². The highest BCUT2D eigenvalue weighted by molar-refractivity contribution is 5.63. The molecule has 0 fully saturated rings. The van der Waals surface area contributed by atoms with Gasteiger partial charge in [0.25, 0.3) is 0 Å². The van der Waals surface area contributed by atoms with Crippen LogP contribution in [-0.2, 0) is 6.42 Å². The Hall–Kier alpha value is -2.55. The van der Waals surface area contributed by atoms with Gasteiger partial charge in [-0.05, 0) is 29.8 Å². The summed E-state index contributed by atoms with van der Waals surface area (Å²) >= 11 is 0. The molecule has 1 aromatic heterocycles. The number of methoxy groups -OCH3 is 1. The molecule has 2 aromatic carbocycles. The Balaban J connectivity index is 2.00. The highest BCUT2D eigenvalue weighted by Crippen LogP contribution is 2.30. The average molecular weight is 307 g/mol. The van der Waals surface area contributed by atoms with Crippen LogP contribution >= 0.6 is 0 Å². The molecule has 1 heterocycles. The topological polar surface area (TPSA) is 35.3 Å². The van der Waals surface area contributed by atoms with Gasteiger partial charge >= 0.3 is 0 Å². The molecule has 23 heavy (non-hydrogen) atoms. The molecule has 3 rings (SSSR count). The molecule has 3 aromatic rings. The van der Waals surface area contributed by atoms with Crippen molar-refractivity contribution in [2.75, 3.05) is 7.11 Å². The van der Waals surface area contributed by atoms with Gasteiger partial charge in [0.05, 0.1) is 7.11 Å². The van der Waals surface area contributed by atoms with Crippen LogP contribution in [0.1, 0.15) is 37.0 Å². The average Bonchev–Trinajstić information content (AvgIpc) is 3.00. The summed E-state index contributed by atoms with van der Waals surface area (Å²) in [6, 6.07) is 18.3. The fraction of sp³-hybridized carbons (Fsp3) is 0.250. The molecule has 0 saturated carbocycles. The number of nitrogens with zero attached hydrogens (tertiary/aromatic N) is 1. The second-order valence-electron chi connectivity index (χ2n) is 5.87. The van der Waals surface area contributed by atoms with E-state index in [0.29, 0.717) is 0 Å². The van der Waals surface area contributed by atoms with Gasteiger partial charge in [-0.25, -0.2) is 4.98 Å². The van der Waals surface area contributed by atoms with Crippen molar-refractivity contribution < 1.29 is 9.15 Å². The van der Waals surface area contributed by atoms with Gasteiger partial charge in [0, 0.05) is 17.9 Å². The van der Waals surface area contributed by atoms with Crippen LogP contribution in [0.2, 0.25) is 0 Å². The summed E-state index contributed by atoms with van der Waals surface area (Å²) < 4.78 is 11.3. The Kier molecular flexibility index (Phi) is 4.47. The third-order valence-electron chi connectivity index (χ3n) is 3.78. The standard InChI is InChI=1S/C20H21NO2/c1-14(2)20-21-19(16-9-11-17(22-3)12-10-16)18(23-20)13-15-7-5-4-6-8-15/h4-12,14H,13H2,1-3H3. The molecule has 0 spiro atoms. The maximum atomic E-state index is 6.05. The van der Waals surface area contributed by atoms with E-state index >= 15 is 0 Å². The van der Waals surface area contributed by atoms with Gasteiger partial charge in [0.1, 0.15) is 17.2 Å². The zero-order chi connectivity index (χ0) is 16.2. The summed E-state index contributed by atoms with van der Waals surface area (Å²) in [7, 11) is 1.67. The fourth-order valence-electron chi connectivity index (χ4n) is 2.49. The van der Waals surface area contributed by atoms with E-state index in [1.54, 1.807) is 7.11 Å². The molecule has 3 heteroatoms. The highest BCUT2D eigenvalue weighted by atomic mass is 16.5. The quantitative estimate of drug-likeness (QED) is 0.660. The van der Waals surface area contributed by atoms with Gasteiger partial charge in [0.15, 0.2) is 5.89 Å². The van der Waals surface area contributed by atoms with Crippen molar-refractivity contribution in [3.05, 3.63) is 71.8 Å². The lowest BCUT2D eigenvalue weighted by molar-refractivity contribution is 0.415. The number of oxazole rings is 1. The Morgan fingerprint density at radius 3 is 2.30 bits per heavy atom. The van der Waals surface area contributed by atoms with E-state index in [0.717, 1.165) is 35.1 Å². The van der Waals surface area contributed by atoms with Crippen LogP contribution in [-0.4, -0.2) is 12.1 Å². The molecule has 0 aliphatic rings. The van der Waals surface area contributed by atoms with E-state index in [1.165, 1.54) is 5.56 Å². The zero-order valence-electron chi connectivity index (χ0n) is 13.7. The maximum absolute atomic E-state index is 6.05. The Labute approximate surface area is 136 Å². The predicted octanol–water partition coefficient (Wildman–Crippen LogP) is 5.06. The van der Waals surface area contributed by atoms with Crippen molar-refractivity contribution in [2.24, 2.45) is 0 Å². The van der Waals surface area contributed by atoms with E-state index < -0.39 is 0 Å². The largest absolute Gasteiger partial charge is 0.497 e. The molecule has 0 aliphatic heterocycles. The summed E-state index contributed by atoms with van der Waals surface area (Å²) in [5, 5.41) is 0. The van der Waals surface area contributed by atoms with Gasteiger partial charge in [-0.1, -0.05) is 44.2 Å². The van der Waals surface area contributed by atoms with E-state index in [-0.39, 0.29) is 5.92 Å². The Bertz CT molecular complexity index is 758. The monoisotopic (exact) mass is 307 g/mol. The van der Waals surface area contributed by atoms with Gasteiger partial charge in [0.2, 0.25) is 0 Å². The molecule has 0 atom stereocenters. The minimum atomic E-state index is 0.261. The Morgan fingerprint density at radius 2 is 1.70 bits per heavy atom. The van der Waals surface area contributed by atoms with Crippen LogP contribution in [0, 0.1) is 0 Å². The normalized spacial score (nSPS) is 11.0. The van der Waals surface area contributed by atoms with E-state index in [4.69, 9.17) is 14.1 Å². The summed E-state index contributed by atoms with van der Waals surface area (Å²) in [6.45, 7) is 4.19. The number of aromatic nitrogens is 1. The zero-order valence-corrected chi connectivity index (χ0v) is 13.7. The Morgan fingerprint density at radius 1 is 1.00 bits per heavy atom. The second kappa shape index (κ2) is 6.69. The van der Waals surface area contributed by atoms with Crippen LogP contribution in [0.4, 0.5) is 0 Å². The molecular weight excluding hydrogens is 286 g/mol. The number of rotatable bonds is 5. The van der Waals surface area contributed by atoms with E-state index in [2.05, 4.69) is 26.0 Å². The number of ether oxygens (including phenoxy) is 1. The predicted molar refractivity (Wildman–Crippen MR) is 91.8 cm³/mol. The van der Waals surface area contributed by atoms with Gasteiger partial charge < -0.3 is 9.15 Å². The third kappa shape index (κ3) is 3.45. The number of benzene rings is 2. The summed E-state index contributed by atoms with van der Waals surface area (Å²) in [6.07, 6.45) is 0.738. The molecule has 0 saturated heterocycles. The first-order chi connectivity index (χ1) is 11.2. The van der Waals surface area contributed by atoms with Gasteiger partial charge in [-0.15, -0.1) is 0 Å². The summed E-state index contributed by atoms with van der Waals surface area (Å²) in [5.41, 5.74) is 3.18. The molecule has 118 valence electrons. The highest BCUT2D eigenvalue weighted by Gasteiger charge is 2.17. The van der Waals surface area contributed by atoms with Crippen molar-refractivity contribution in [1.82, 2.24) is 4.98 Å². The smallest absolute Gasteiger partial charge is 0.197 e. The first-order valence-corrected chi connectivity index (χ1v) is 7.85. The minimum absolute atomic E-state index is 0.261. The molecule has 0 N–H and O–H groups in total. The van der Waals surface area contributed by atoms with Gasteiger partial charge in [-0.3, -0.25) is 0 Å². The van der Waals surface area contributed by atoms with Crippen molar-refractivity contribution in [3.8, 4) is 17.0 Å². The SMILES string of the molecule is COc1ccc(-c2nc(C(C)C)oc2Cc2ccccc2)cc1. The maximum Gasteiger partial charge on any atom is 0.197 e. The molecule has 0 aliphatic carbocycles. The summed E-state index contributed by atoms with van der Waals surface area (Å²) in [5.74, 6) is 2.79. The lowest BCUT2D eigenvalue weighted by Gasteiger charge is -2.03. The molecule has 0 bridgehead atoms. The lowest BCUT2D eigenvalue weighted by Crippen LogP contribution is -1.90. The second-order valence-corrected chi connectivity index (χ2v) is 5.87. The molecular formula is C20H21NO2. The van der Waals surface area contributed by atoms with Crippen LogP contribution in [0.5, 0.6) is 5.75 Å². The van der Waals surface area contributed by atoms with Crippen molar-refractivity contribution in [1.29, 1.82) is 0 Å². The fourth-order valence-corrected chi connectivity index (χ4v) is 2.49. The molecule has 0 unspecified atom stereocenters. The van der Waals surface area contributed by atoms with Crippen molar-refractivity contribution in [2.45, 2.75) is 26.2 Å². The van der Waals surface area contributed by atoms with Crippen LogP contribution in [0.3, 0.4) is 0 Å². The lowest BCUT2D eigenvalue weighted by atomic mass is 10.1. The number of hydrogen-bond donors (Lipinski definition) is 0. The first-order valence-electron chi connectivity index (χ1n) is 7.85. The molecule has 0 amide bonds. The first kappa shape index (κ1) is 15.3. The summed E-state index contributed by atoms with van der Waals surface area (Å²) in [4.78, 5) is 4.72. The van der Waals surface area contributed by atoms with Crippen LogP contribution < -0.4 is 4.74 Å². The van der Waals surface area contributed by atoms with Crippen LogP contribution in [0.25, 0.3) is 11.3 Å². The van der Waals surface area contributed by atoms with E-state index in [9.17, 15) is 0 Å². The van der Waals surface area contributed by atoms with Crippen molar-refractivity contribution in [3.63, 3.8) is 0 Å². The number of hydrogen-bond acceptors (Lipinski definition) is 3. The van der Waals surface area contributed by atoms with Crippen molar-refractivity contribution >= 4 is 0 Å².